The molecule has 0 aliphatic carbocycles. The number of nitrogens with zero attached hydrogens (tertiary/aromatic N) is 3. The van der Waals surface area contributed by atoms with Gasteiger partial charge in [0, 0.05) is 37.6 Å². The Morgan fingerprint density at radius 2 is 2.00 bits per heavy atom. The summed E-state index contributed by atoms with van der Waals surface area (Å²) < 4.78 is 5.24. The van der Waals surface area contributed by atoms with Crippen LogP contribution in [0.2, 0.25) is 0 Å². The van der Waals surface area contributed by atoms with Crippen LogP contribution in [0.4, 0.5) is 5.95 Å². The van der Waals surface area contributed by atoms with Crippen molar-refractivity contribution in [3.05, 3.63) is 18.5 Å². The third kappa shape index (κ3) is 3.30. The van der Waals surface area contributed by atoms with Crippen LogP contribution in [0.3, 0.4) is 0 Å². The molecular formula is C14H21N5O2. The highest BCUT2D eigenvalue weighted by atomic mass is 16.5. The number of nitrogens with two attached hydrogens (primary N) is 1. The molecule has 7 nitrogen and oxygen atoms in total. The van der Waals surface area contributed by atoms with E-state index in [2.05, 4.69) is 20.2 Å². The van der Waals surface area contributed by atoms with Gasteiger partial charge in [-0.1, -0.05) is 0 Å². The van der Waals surface area contributed by atoms with Crippen molar-refractivity contribution in [2.24, 2.45) is 11.7 Å². The third-order valence-electron chi connectivity index (χ3n) is 4.14. The Kier molecular flexibility index (Phi) is 4.31. The Labute approximate surface area is 123 Å². The van der Waals surface area contributed by atoms with Crippen LogP contribution >= 0.6 is 0 Å². The van der Waals surface area contributed by atoms with Gasteiger partial charge in [0.2, 0.25) is 11.9 Å². The van der Waals surface area contributed by atoms with Crippen molar-refractivity contribution in [3.63, 3.8) is 0 Å². The van der Waals surface area contributed by atoms with Gasteiger partial charge in [-0.25, -0.2) is 9.97 Å². The predicted octanol–water partition coefficient (Wildman–Crippen LogP) is -0.465. The van der Waals surface area contributed by atoms with Gasteiger partial charge in [-0.2, -0.15) is 0 Å². The van der Waals surface area contributed by atoms with E-state index in [0.29, 0.717) is 13.2 Å². The molecule has 0 aromatic carbocycles. The fourth-order valence-electron chi connectivity index (χ4n) is 2.83. The summed E-state index contributed by atoms with van der Waals surface area (Å²) in [6.45, 7) is 2.61. The number of amides is 1. The van der Waals surface area contributed by atoms with Crippen molar-refractivity contribution >= 4 is 11.9 Å². The summed E-state index contributed by atoms with van der Waals surface area (Å²) in [4.78, 5) is 22.8. The van der Waals surface area contributed by atoms with Gasteiger partial charge in [-0.15, -0.1) is 0 Å². The maximum atomic E-state index is 12.2. The molecule has 0 radical (unpaired) electrons. The summed E-state index contributed by atoms with van der Waals surface area (Å²) in [5.74, 6) is 0.573. The number of aromatic nitrogens is 2. The Balaban J connectivity index is 1.49. The number of rotatable bonds is 3. The summed E-state index contributed by atoms with van der Waals surface area (Å²) in [6.07, 6.45) is 5.29. The zero-order valence-electron chi connectivity index (χ0n) is 11.9. The number of carbonyl (C=O) groups is 1. The van der Waals surface area contributed by atoms with Crippen LogP contribution in [0, 0.1) is 5.92 Å². The summed E-state index contributed by atoms with van der Waals surface area (Å²) >= 11 is 0. The Morgan fingerprint density at radius 3 is 2.62 bits per heavy atom. The lowest BCUT2D eigenvalue weighted by molar-refractivity contribution is -0.126. The number of hydrogen-bond acceptors (Lipinski definition) is 6. The molecule has 1 amide bonds. The van der Waals surface area contributed by atoms with Gasteiger partial charge in [0.1, 0.15) is 0 Å². The van der Waals surface area contributed by atoms with E-state index in [1.54, 1.807) is 12.4 Å². The minimum Gasteiger partial charge on any atom is -0.379 e. The summed E-state index contributed by atoms with van der Waals surface area (Å²) in [5, 5.41) is 3.10. The lowest BCUT2D eigenvalue weighted by Crippen LogP contribution is -2.49. The molecule has 21 heavy (non-hydrogen) atoms. The molecule has 1 aromatic rings. The van der Waals surface area contributed by atoms with Crippen molar-refractivity contribution in [2.75, 3.05) is 31.2 Å². The van der Waals surface area contributed by atoms with Crippen LogP contribution in [0.1, 0.15) is 12.8 Å². The molecule has 0 saturated carbocycles. The highest BCUT2D eigenvalue weighted by molar-refractivity contribution is 5.80. The minimum absolute atomic E-state index is 0.0226. The Morgan fingerprint density at radius 1 is 1.29 bits per heavy atom. The molecule has 2 aliphatic rings. The number of hydrogen-bond donors (Lipinski definition) is 2. The predicted molar refractivity (Wildman–Crippen MR) is 77.7 cm³/mol. The second kappa shape index (κ2) is 6.36. The summed E-state index contributed by atoms with van der Waals surface area (Å²) in [7, 11) is 0. The van der Waals surface area contributed by atoms with Crippen LogP contribution in [-0.4, -0.2) is 54.3 Å². The van der Waals surface area contributed by atoms with E-state index in [1.165, 1.54) is 0 Å². The first kappa shape index (κ1) is 14.2. The zero-order valence-corrected chi connectivity index (χ0v) is 11.9. The number of carbonyl (C=O) groups excluding carboxylic acids is 1. The fourth-order valence-corrected chi connectivity index (χ4v) is 2.83. The van der Waals surface area contributed by atoms with E-state index in [4.69, 9.17) is 10.5 Å². The lowest BCUT2D eigenvalue weighted by atomic mass is 10.0. The average molecular weight is 291 g/mol. The Bertz CT molecular complexity index is 476. The topological polar surface area (TPSA) is 93.4 Å². The van der Waals surface area contributed by atoms with Crippen molar-refractivity contribution in [2.45, 2.75) is 24.9 Å². The van der Waals surface area contributed by atoms with Crippen LogP contribution in [0.25, 0.3) is 0 Å². The second-order valence-corrected chi connectivity index (χ2v) is 5.63. The van der Waals surface area contributed by atoms with E-state index in [-0.39, 0.29) is 23.9 Å². The molecule has 0 bridgehead atoms. The molecule has 3 heterocycles. The first-order valence-corrected chi connectivity index (χ1v) is 7.39. The van der Waals surface area contributed by atoms with E-state index in [1.807, 2.05) is 6.07 Å². The normalized spacial score (nSPS) is 26.8. The third-order valence-corrected chi connectivity index (χ3v) is 4.14. The largest absolute Gasteiger partial charge is 0.379 e. The SMILES string of the molecule is NC1COCC1C(=O)NC1CCN(c2ncccn2)CC1. The van der Waals surface area contributed by atoms with Crippen molar-refractivity contribution in [3.8, 4) is 0 Å². The van der Waals surface area contributed by atoms with E-state index in [9.17, 15) is 4.79 Å². The molecule has 3 N–H and O–H groups in total. The van der Waals surface area contributed by atoms with Crippen LogP contribution in [-0.2, 0) is 9.53 Å². The maximum Gasteiger partial charge on any atom is 0.227 e. The lowest BCUT2D eigenvalue weighted by Gasteiger charge is -2.32. The highest BCUT2D eigenvalue weighted by Gasteiger charge is 2.33. The first-order chi connectivity index (χ1) is 10.2. The quantitative estimate of drug-likeness (QED) is 0.782. The van der Waals surface area contributed by atoms with E-state index >= 15 is 0 Å². The van der Waals surface area contributed by atoms with Gasteiger partial charge in [0.25, 0.3) is 0 Å². The molecule has 7 heteroatoms. The molecule has 2 fully saturated rings. The van der Waals surface area contributed by atoms with Crippen LogP contribution in [0.15, 0.2) is 18.5 Å². The van der Waals surface area contributed by atoms with E-state index < -0.39 is 0 Å². The van der Waals surface area contributed by atoms with Crippen molar-refractivity contribution in [1.82, 2.24) is 15.3 Å². The summed E-state index contributed by atoms with van der Waals surface area (Å²) in [5.41, 5.74) is 5.87. The monoisotopic (exact) mass is 291 g/mol. The van der Waals surface area contributed by atoms with Gasteiger partial charge in [-0.05, 0) is 18.9 Å². The number of nitrogens with one attached hydrogen (secondary N) is 1. The standard InChI is InChI=1S/C14H21N5O2/c15-12-9-21-8-11(12)13(20)18-10-2-6-19(7-3-10)14-16-4-1-5-17-14/h1,4-5,10-12H,2-3,6-9,15H2,(H,18,20). The van der Waals surface area contributed by atoms with E-state index in [0.717, 1.165) is 31.9 Å². The Hall–Kier alpha value is -1.73. The minimum atomic E-state index is -0.208. The molecule has 1 aromatic heterocycles. The number of anilines is 1. The number of piperidine rings is 1. The van der Waals surface area contributed by atoms with Crippen LogP contribution < -0.4 is 16.0 Å². The van der Waals surface area contributed by atoms with Gasteiger partial charge in [0.15, 0.2) is 0 Å². The van der Waals surface area contributed by atoms with Gasteiger partial charge >= 0.3 is 0 Å². The van der Waals surface area contributed by atoms with Crippen LogP contribution in [0.5, 0.6) is 0 Å². The highest BCUT2D eigenvalue weighted by Crippen LogP contribution is 2.17. The molecule has 114 valence electrons. The summed E-state index contributed by atoms with van der Waals surface area (Å²) in [6, 6.07) is 1.83. The van der Waals surface area contributed by atoms with Gasteiger partial charge < -0.3 is 20.7 Å². The van der Waals surface area contributed by atoms with Gasteiger partial charge in [-0.3, -0.25) is 4.79 Å². The van der Waals surface area contributed by atoms with Crippen molar-refractivity contribution < 1.29 is 9.53 Å². The molecule has 2 aliphatic heterocycles. The number of ether oxygens (including phenoxy) is 1. The molecule has 0 spiro atoms. The smallest absolute Gasteiger partial charge is 0.227 e. The molecule has 2 unspecified atom stereocenters. The fraction of sp³-hybridized carbons (Fsp3) is 0.643. The second-order valence-electron chi connectivity index (χ2n) is 5.63. The molecule has 2 atom stereocenters. The zero-order chi connectivity index (χ0) is 14.7. The molecule has 2 saturated heterocycles. The molecular weight excluding hydrogens is 270 g/mol. The first-order valence-electron chi connectivity index (χ1n) is 7.39. The van der Waals surface area contributed by atoms with Gasteiger partial charge in [0.05, 0.1) is 19.1 Å². The maximum absolute atomic E-state index is 12.2. The van der Waals surface area contributed by atoms with Crippen molar-refractivity contribution in [1.29, 1.82) is 0 Å². The average Bonchev–Trinajstić information content (AvgIpc) is 2.95. The molecule has 3 rings (SSSR count).